The Bertz CT molecular complexity index is 393. The van der Waals surface area contributed by atoms with Gasteiger partial charge in [0, 0.05) is 11.8 Å². The zero-order valence-corrected chi connectivity index (χ0v) is 8.64. The summed E-state index contributed by atoms with van der Waals surface area (Å²) < 4.78 is 1.86. The summed E-state index contributed by atoms with van der Waals surface area (Å²) in [5.41, 5.74) is 1.04. The maximum absolute atomic E-state index is 5.91. The molecular weight excluding hydrogens is 206 g/mol. The van der Waals surface area contributed by atoms with Crippen molar-refractivity contribution in [2.24, 2.45) is 0 Å². The van der Waals surface area contributed by atoms with Crippen LogP contribution in [0.4, 0.5) is 0 Å². The van der Waals surface area contributed by atoms with Crippen molar-refractivity contribution in [3.8, 4) is 5.69 Å². The molecule has 2 aromatic rings. The molecule has 0 saturated heterocycles. The summed E-state index contributed by atoms with van der Waals surface area (Å²) in [4.78, 5) is 0. The summed E-state index contributed by atoms with van der Waals surface area (Å²) >= 11 is 7.54. The Hall–Kier alpha value is -0.870. The Kier molecular flexibility index (Phi) is 2.33. The van der Waals surface area contributed by atoms with E-state index in [9.17, 15) is 0 Å². The lowest BCUT2D eigenvalue weighted by atomic mass is 10.4. The van der Waals surface area contributed by atoms with Gasteiger partial charge in [-0.25, -0.2) is 0 Å². The van der Waals surface area contributed by atoms with Crippen molar-refractivity contribution in [3.05, 3.63) is 27.9 Å². The maximum Gasteiger partial charge on any atom is 0.229 e. The predicted octanol–water partition coefficient (Wildman–Crippen LogP) is 2.54. The second-order valence-electron chi connectivity index (χ2n) is 2.56. The van der Waals surface area contributed by atoms with Crippen molar-refractivity contribution in [1.29, 1.82) is 0 Å². The van der Waals surface area contributed by atoms with Gasteiger partial charge in [0.2, 0.25) is 5.28 Å². The average Bonchev–Trinajstić information content (AvgIpc) is 2.72. The van der Waals surface area contributed by atoms with Crippen LogP contribution >= 0.6 is 22.9 Å². The minimum Gasteiger partial charge on any atom is -0.269 e. The monoisotopic (exact) mass is 213 g/mol. The van der Waals surface area contributed by atoms with E-state index in [1.165, 1.54) is 0 Å². The predicted molar refractivity (Wildman–Crippen MR) is 53.6 cm³/mol. The van der Waals surface area contributed by atoms with Crippen LogP contribution in [0.25, 0.3) is 5.69 Å². The van der Waals surface area contributed by atoms with Crippen LogP contribution in [0.5, 0.6) is 0 Å². The molecule has 0 atom stereocenters. The van der Waals surface area contributed by atoms with Crippen LogP contribution in [0.2, 0.25) is 5.28 Å². The van der Waals surface area contributed by atoms with Gasteiger partial charge in [-0.15, -0.1) is 10.2 Å². The number of nitrogens with zero attached hydrogens (tertiary/aromatic N) is 3. The second kappa shape index (κ2) is 3.47. The van der Waals surface area contributed by atoms with Gasteiger partial charge >= 0.3 is 0 Å². The van der Waals surface area contributed by atoms with E-state index in [-0.39, 0.29) is 0 Å². The minimum atomic E-state index is 0.426. The summed E-state index contributed by atoms with van der Waals surface area (Å²) in [6, 6.07) is 2.00. The zero-order chi connectivity index (χ0) is 9.26. The Morgan fingerprint density at radius 2 is 2.38 bits per heavy atom. The van der Waals surface area contributed by atoms with E-state index in [1.54, 1.807) is 11.3 Å². The van der Waals surface area contributed by atoms with Gasteiger partial charge in [0.25, 0.3) is 0 Å². The fourth-order valence-corrected chi connectivity index (χ4v) is 2.02. The minimum absolute atomic E-state index is 0.426. The first-order valence-corrected chi connectivity index (χ1v) is 5.27. The van der Waals surface area contributed by atoms with Crippen LogP contribution in [-0.4, -0.2) is 14.8 Å². The second-order valence-corrected chi connectivity index (χ2v) is 3.67. The molecule has 3 nitrogen and oxygen atoms in total. The molecule has 0 unspecified atom stereocenters. The third kappa shape index (κ3) is 1.47. The normalized spacial score (nSPS) is 10.6. The van der Waals surface area contributed by atoms with E-state index >= 15 is 0 Å². The van der Waals surface area contributed by atoms with E-state index in [0.717, 1.165) is 17.9 Å². The van der Waals surface area contributed by atoms with Crippen molar-refractivity contribution in [2.45, 2.75) is 13.3 Å². The highest BCUT2D eigenvalue weighted by atomic mass is 35.5. The molecule has 0 aliphatic rings. The molecule has 68 valence electrons. The largest absolute Gasteiger partial charge is 0.269 e. The van der Waals surface area contributed by atoms with E-state index in [2.05, 4.69) is 10.2 Å². The van der Waals surface area contributed by atoms with E-state index in [0.29, 0.717) is 5.28 Å². The SMILES string of the molecule is CCc1nnc(Cl)n1-c1ccsc1. The van der Waals surface area contributed by atoms with Crippen LogP contribution in [-0.2, 0) is 6.42 Å². The number of thiophene rings is 1. The van der Waals surface area contributed by atoms with Crippen LogP contribution in [0.1, 0.15) is 12.7 Å². The van der Waals surface area contributed by atoms with E-state index < -0.39 is 0 Å². The lowest BCUT2D eigenvalue weighted by Crippen LogP contribution is -1.98. The Morgan fingerprint density at radius 1 is 1.54 bits per heavy atom. The summed E-state index contributed by atoms with van der Waals surface area (Å²) in [7, 11) is 0. The summed E-state index contributed by atoms with van der Waals surface area (Å²) in [5, 5.41) is 12.3. The van der Waals surface area contributed by atoms with Gasteiger partial charge in [0.05, 0.1) is 5.69 Å². The summed E-state index contributed by atoms with van der Waals surface area (Å²) in [6.45, 7) is 2.03. The number of halogens is 1. The molecule has 2 rings (SSSR count). The topological polar surface area (TPSA) is 30.7 Å². The third-order valence-corrected chi connectivity index (χ3v) is 2.69. The van der Waals surface area contributed by atoms with Gasteiger partial charge < -0.3 is 0 Å². The van der Waals surface area contributed by atoms with Crippen molar-refractivity contribution in [1.82, 2.24) is 14.8 Å². The van der Waals surface area contributed by atoms with E-state index in [1.807, 2.05) is 28.3 Å². The van der Waals surface area contributed by atoms with Crippen LogP contribution in [0.15, 0.2) is 16.8 Å². The van der Waals surface area contributed by atoms with Gasteiger partial charge in [-0.1, -0.05) is 6.92 Å². The van der Waals surface area contributed by atoms with Crippen molar-refractivity contribution in [3.63, 3.8) is 0 Å². The smallest absolute Gasteiger partial charge is 0.229 e. The Morgan fingerprint density at radius 3 is 3.00 bits per heavy atom. The van der Waals surface area contributed by atoms with Crippen molar-refractivity contribution < 1.29 is 0 Å². The van der Waals surface area contributed by atoms with Crippen molar-refractivity contribution in [2.75, 3.05) is 0 Å². The van der Waals surface area contributed by atoms with Crippen LogP contribution in [0, 0.1) is 0 Å². The van der Waals surface area contributed by atoms with Gasteiger partial charge in [0.1, 0.15) is 5.82 Å². The molecule has 0 fully saturated rings. The zero-order valence-electron chi connectivity index (χ0n) is 7.07. The van der Waals surface area contributed by atoms with Crippen LogP contribution < -0.4 is 0 Å². The van der Waals surface area contributed by atoms with Gasteiger partial charge in [0.15, 0.2) is 0 Å². The molecule has 0 aliphatic heterocycles. The molecule has 2 heterocycles. The Labute approximate surface area is 85.0 Å². The molecule has 0 aromatic carbocycles. The van der Waals surface area contributed by atoms with Crippen LogP contribution in [0.3, 0.4) is 0 Å². The third-order valence-electron chi connectivity index (χ3n) is 1.77. The highest BCUT2D eigenvalue weighted by molar-refractivity contribution is 7.08. The highest BCUT2D eigenvalue weighted by Gasteiger charge is 2.09. The van der Waals surface area contributed by atoms with Crippen molar-refractivity contribution >= 4 is 22.9 Å². The number of hydrogen-bond donors (Lipinski definition) is 0. The fourth-order valence-electron chi connectivity index (χ4n) is 1.16. The van der Waals surface area contributed by atoms with Gasteiger partial charge in [-0.2, -0.15) is 11.3 Å². The fraction of sp³-hybridized carbons (Fsp3) is 0.250. The molecule has 13 heavy (non-hydrogen) atoms. The molecule has 0 radical (unpaired) electrons. The molecule has 0 aliphatic carbocycles. The molecule has 0 saturated carbocycles. The lowest BCUT2D eigenvalue weighted by Gasteiger charge is -2.01. The van der Waals surface area contributed by atoms with Gasteiger partial charge in [-0.05, 0) is 23.0 Å². The molecular formula is C8H8ClN3S. The standard InChI is InChI=1S/C8H8ClN3S/c1-2-7-10-11-8(9)12(7)6-3-4-13-5-6/h3-5H,2H2,1H3. The van der Waals surface area contributed by atoms with Gasteiger partial charge in [-0.3, -0.25) is 4.57 Å². The molecule has 2 aromatic heterocycles. The quantitative estimate of drug-likeness (QED) is 0.768. The Balaban J connectivity index is 2.55. The summed E-state index contributed by atoms with van der Waals surface area (Å²) in [5.74, 6) is 0.892. The number of hydrogen-bond acceptors (Lipinski definition) is 3. The first-order valence-electron chi connectivity index (χ1n) is 3.95. The lowest BCUT2D eigenvalue weighted by molar-refractivity contribution is 0.885. The molecule has 5 heteroatoms. The first-order chi connectivity index (χ1) is 6.33. The molecule has 0 spiro atoms. The number of aromatic nitrogens is 3. The first kappa shape index (κ1) is 8.72. The maximum atomic E-state index is 5.91. The summed E-state index contributed by atoms with van der Waals surface area (Å²) in [6.07, 6.45) is 0.829. The average molecular weight is 214 g/mol. The number of rotatable bonds is 2. The van der Waals surface area contributed by atoms with E-state index in [4.69, 9.17) is 11.6 Å². The molecule has 0 amide bonds. The highest BCUT2D eigenvalue weighted by Crippen LogP contribution is 2.19. The number of aryl methyl sites for hydroxylation is 1. The molecule has 0 N–H and O–H groups in total. The molecule has 0 bridgehead atoms.